The fourth-order valence-corrected chi connectivity index (χ4v) is 4.88. The van der Waals surface area contributed by atoms with E-state index in [2.05, 4.69) is 73.1 Å². The van der Waals surface area contributed by atoms with Gasteiger partial charge in [-0.2, -0.15) is 4.98 Å². The Morgan fingerprint density at radius 3 is 2.90 bits per heavy atom. The van der Waals surface area contributed by atoms with Crippen molar-refractivity contribution in [2.24, 2.45) is 11.3 Å². The van der Waals surface area contributed by atoms with Crippen LogP contribution in [-0.4, -0.2) is 22.6 Å². The molecule has 0 fully saturated rings. The van der Waals surface area contributed by atoms with Crippen LogP contribution in [-0.2, 0) is 0 Å². The number of fused-ring (bicyclic) bond motifs is 4. The Labute approximate surface area is 184 Å². The highest BCUT2D eigenvalue weighted by Gasteiger charge is 2.28. The van der Waals surface area contributed by atoms with Gasteiger partial charge in [-0.1, -0.05) is 39.8 Å². The molecule has 6 heteroatoms. The van der Waals surface area contributed by atoms with Crippen molar-refractivity contribution in [3.05, 3.63) is 42.1 Å². The van der Waals surface area contributed by atoms with E-state index in [4.69, 9.17) is 9.72 Å². The lowest BCUT2D eigenvalue weighted by Crippen LogP contribution is -2.29. The lowest BCUT2D eigenvalue weighted by atomic mass is 9.74. The summed E-state index contributed by atoms with van der Waals surface area (Å²) in [5, 5.41) is 3.65. The fraction of sp³-hybridized carbons (Fsp3) is 0.500. The molecule has 1 aromatic carbocycles. The van der Waals surface area contributed by atoms with Crippen LogP contribution in [0.1, 0.15) is 59.1 Å². The predicted molar refractivity (Wildman–Crippen MR) is 126 cm³/mol. The molecule has 5 nitrogen and oxygen atoms in total. The average Bonchev–Trinajstić information content (AvgIpc) is 2.69. The van der Waals surface area contributed by atoms with E-state index in [0.717, 1.165) is 29.1 Å². The van der Waals surface area contributed by atoms with Gasteiger partial charge < -0.3 is 10.1 Å². The van der Waals surface area contributed by atoms with Crippen LogP contribution in [0.4, 0.5) is 11.6 Å². The number of nitrogens with one attached hydrogen (secondary N) is 2. The minimum absolute atomic E-state index is 0.107. The van der Waals surface area contributed by atoms with Crippen molar-refractivity contribution in [1.29, 1.82) is 0 Å². The summed E-state index contributed by atoms with van der Waals surface area (Å²) in [5.74, 6) is 1.79. The summed E-state index contributed by atoms with van der Waals surface area (Å²) in [6.07, 6.45) is 6.86. The molecule has 160 valence electrons. The van der Waals surface area contributed by atoms with Crippen molar-refractivity contribution in [3.63, 3.8) is 0 Å². The number of rotatable bonds is 3. The number of aromatic nitrogens is 2. The number of nitrogens with zero attached hydrogens (tertiary/aromatic N) is 2. The molecule has 1 aromatic heterocycles. The van der Waals surface area contributed by atoms with Gasteiger partial charge in [-0.25, -0.2) is 4.98 Å². The minimum atomic E-state index is 0.107. The largest absolute Gasteiger partial charge is 0.475 e. The van der Waals surface area contributed by atoms with E-state index in [1.807, 2.05) is 6.07 Å². The third-order valence-electron chi connectivity index (χ3n) is 5.72. The smallest absolute Gasteiger partial charge is 0.237 e. The molecule has 1 atom stereocenters. The molecule has 0 saturated carbocycles. The van der Waals surface area contributed by atoms with Gasteiger partial charge in [-0.15, -0.1) is 0 Å². The Morgan fingerprint density at radius 2 is 2.10 bits per heavy atom. The molecule has 0 spiro atoms. The standard InChI is InChI=1S/C24H32N4OS/c1-16(2)12-18-15-29-22-14-21(20-10-5-6-11-24(20,3)4)26-23(27-22)28-30-19-9-7-8-17(13-19)25-18/h7-10,13-14,16,18,25H,5-6,11-12,15H2,1-4H3,(H,26,27,28). The monoisotopic (exact) mass is 424 g/mol. The van der Waals surface area contributed by atoms with E-state index in [0.29, 0.717) is 24.4 Å². The third-order valence-corrected chi connectivity index (χ3v) is 6.49. The topological polar surface area (TPSA) is 59.1 Å². The zero-order valence-corrected chi connectivity index (χ0v) is 19.2. The van der Waals surface area contributed by atoms with Crippen molar-refractivity contribution in [2.75, 3.05) is 16.6 Å². The first kappa shape index (κ1) is 21.0. The average molecular weight is 425 g/mol. The van der Waals surface area contributed by atoms with Gasteiger partial charge in [0, 0.05) is 16.6 Å². The molecule has 1 unspecified atom stereocenters. The molecule has 0 amide bonds. The molecule has 2 aliphatic rings. The summed E-state index contributed by atoms with van der Waals surface area (Å²) in [6.45, 7) is 9.65. The number of benzene rings is 1. The van der Waals surface area contributed by atoms with Gasteiger partial charge in [0.25, 0.3) is 0 Å². The van der Waals surface area contributed by atoms with Crippen LogP contribution in [0.3, 0.4) is 0 Å². The number of anilines is 2. The highest BCUT2D eigenvalue weighted by atomic mass is 32.2. The molecule has 0 saturated heterocycles. The molecule has 2 heterocycles. The number of hydrogen-bond acceptors (Lipinski definition) is 6. The second kappa shape index (κ2) is 8.88. The normalized spacial score (nSPS) is 20.7. The van der Waals surface area contributed by atoms with Crippen LogP contribution >= 0.6 is 11.9 Å². The molecular weight excluding hydrogens is 392 g/mol. The summed E-state index contributed by atoms with van der Waals surface area (Å²) in [5.41, 5.74) is 3.47. The predicted octanol–water partition coefficient (Wildman–Crippen LogP) is 6.41. The Hall–Kier alpha value is -2.21. The Kier molecular flexibility index (Phi) is 6.23. The van der Waals surface area contributed by atoms with E-state index >= 15 is 0 Å². The second-order valence-corrected chi connectivity index (χ2v) is 10.2. The highest BCUT2D eigenvalue weighted by molar-refractivity contribution is 8.00. The summed E-state index contributed by atoms with van der Waals surface area (Å²) in [7, 11) is 0. The summed E-state index contributed by atoms with van der Waals surface area (Å²) < 4.78 is 9.53. The number of hydrogen-bond donors (Lipinski definition) is 2. The van der Waals surface area contributed by atoms with Crippen LogP contribution in [0.15, 0.2) is 41.3 Å². The van der Waals surface area contributed by atoms with Gasteiger partial charge in [0.05, 0.1) is 11.7 Å². The Bertz CT molecular complexity index is 925. The number of allylic oxidation sites excluding steroid dienone is 2. The maximum Gasteiger partial charge on any atom is 0.237 e. The van der Waals surface area contributed by atoms with Gasteiger partial charge >= 0.3 is 0 Å². The summed E-state index contributed by atoms with van der Waals surface area (Å²) in [6, 6.07) is 10.7. The zero-order valence-electron chi connectivity index (χ0n) is 18.4. The first-order chi connectivity index (χ1) is 14.4. The first-order valence-corrected chi connectivity index (χ1v) is 11.7. The second-order valence-electron chi connectivity index (χ2n) is 9.32. The maximum absolute atomic E-state index is 6.21. The van der Waals surface area contributed by atoms with Crippen molar-refractivity contribution in [1.82, 2.24) is 9.97 Å². The highest BCUT2D eigenvalue weighted by Crippen LogP contribution is 2.42. The van der Waals surface area contributed by atoms with E-state index in [1.54, 1.807) is 0 Å². The van der Waals surface area contributed by atoms with Gasteiger partial charge in [-0.3, -0.25) is 4.72 Å². The van der Waals surface area contributed by atoms with Gasteiger partial charge in [-0.05, 0) is 72.7 Å². The van der Waals surface area contributed by atoms with Crippen molar-refractivity contribution in [2.45, 2.75) is 64.3 Å². The van der Waals surface area contributed by atoms with E-state index < -0.39 is 0 Å². The van der Waals surface area contributed by atoms with Gasteiger partial charge in [0.15, 0.2) is 0 Å². The summed E-state index contributed by atoms with van der Waals surface area (Å²) >= 11 is 1.53. The van der Waals surface area contributed by atoms with Gasteiger partial charge in [0.2, 0.25) is 11.8 Å². The molecule has 4 bridgehead atoms. The third kappa shape index (κ3) is 5.09. The lowest BCUT2D eigenvalue weighted by molar-refractivity contribution is 0.271. The molecule has 30 heavy (non-hydrogen) atoms. The SMILES string of the molecule is CC(C)CC1COc2cc(C3=CCCCC3(C)C)nc(n2)NSc2cccc(c2)N1. The van der Waals surface area contributed by atoms with E-state index in [1.165, 1.54) is 30.4 Å². The fourth-order valence-electron chi connectivity index (χ4n) is 4.25. The van der Waals surface area contributed by atoms with Gasteiger partial charge in [0.1, 0.15) is 6.61 Å². The minimum Gasteiger partial charge on any atom is -0.475 e. The van der Waals surface area contributed by atoms with Crippen LogP contribution in [0.2, 0.25) is 0 Å². The molecular formula is C24H32N4OS. The number of ether oxygens (including phenoxy) is 1. The lowest BCUT2D eigenvalue weighted by Gasteiger charge is -2.31. The molecule has 0 radical (unpaired) electrons. The Balaban J connectivity index is 1.69. The van der Waals surface area contributed by atoms with Crippen molar-refractivity contribution < 1.29 is 4.74 Å². The Morgan fingerprint density at radius 1 is 1.23 bits per heavy atom. The van der Waals surface area contributed by atoms with Crippen molar-refractivity contribution >= 4 is 29.2 Å². The van der Waals surface area contributed by atoms with Crippen LogP contribution in [0.25, 0.3) is 5.57 Å². The maximum atomic E-state index is 6.21. The molecule has 1 aliphatic heterocycles. The first-order valence-electron chi connectivity index (χ1n) is 10.9. The van der Waals surface area contributed by atoms with Crippen molar-refractivity contribution in [3.8, 4) is 5.88 Å². The zero-order chi connectivity index (χ0) is 21.1. The van der Waals surface area contributed by atoms with E-state index in [-0.39, 0.29) is 11.5 Å². The van der Waals surface area contributed by atoms with Crippen LogP contribution in [0.5, 0.6) is 5.88 Å². The van der Waals surface area contributed by atoms with E-state index in [9.17, 15) is 0 Å². The van der Waals surface area contributed by atoms with Crippen LogP contribution in [0, 0.1) is 11.3 Å². The quantitative estimate of drug-likeness (QED) is 0.555. The molecule has 4 rings (SSSR count). The molecule has 2 N–H and O–H groups in total. The van der Waals surface area contributed by atoms with Crippen LogP contribution < -0.4 is 14.8 Å². The summed E-state index contributed by atoms with van der Waals surface area (Å²) in [4.78, 5) is 10.6. The molecule has 1 aliphatic carbocycles. The molecule has 2 aromatic rings.